The van der Waals surface area contributed by atoms with Crippen LogP contribution in [0.4, 0.5) is 19.0 Å². The Morgan fingerprint density at radius 3 is 2.30 bits per heavy atom. The van der Waals surface area contributed by atoms with Crippen LogP contribution in [0.3, 0.4) is 0 Å². The van der Waals surface area contributed by atoms with Gasteiger partial charge < -0.3 is 9.80 Å². The van der Waals surface area contributed by atoms with Crippen molar-refractivity contribution in [3.63, 3.8) is 0 Å². The van der Waals surface area contributed by atoms with Crippen molar-refractivity contribution >= 4 is 23.3 Å². The Morgan fingerprint density at radius 2 is 1.73 bits per heavy atom. The van der Waals surface area contributed by atoms with Crippen LogP contribution in [0.1, 0.15) is 40.0 Å². The number of hydrogen-bond acceptors (Lipinski definition) is 5. The monoisotopic (exact) mass is 481 g/mol. The molecule has 178 valence electrons. The highest BCUT2D eigenvalue weighted by Gasteiger charge is 2.33. The number of pyridine rings is 2. The summed E-state index contributed by atoms with van der Waals surface area (Å²) in [4.78, 5) is 27.5. The average molecular weight is 482 g/mol. The second-order valence-electron chi connectivity index (χ2n) is 8.66. The van der Waals surface area contributed by atoms with Gasteiger partial charge in [-0.25, -0.2) is 4.98 Å². The number of carbonyl (C=O) groups is 1. The summed E-state index contributed by atoms with van der Waals surface area (Å²) in [7, 11) is 0. The number of halogens is 4. The average Bonchev–Trinajstić information content (AvgIpc) is 2.78. The summed E-state index contributed by atoms with van der Waals surface area (Å²) in [6, 6.07) is 3.18. The lowest BCUT2D eigenvalue weighted by molar-refractivity contribution is -0.137. The third-order valence-electron chi connectivity index (χ3n) is 6.59. The Morgan fingerprint density at radius 1 is 1.06 bits per heavy atom. The van der Waals surface area contributed by atoms with Gasteiger partial charge >= 0.3 is 6.18 Å². The van der Waals surface area contributed by atoms with E-state index in [4.69, 9.17) is 11.6 Å². The van der Waals surface area contributed by atoms with E-state index in [0.717, 1.165) is 49.5 Å². The first kappa shape index (κ1) is 23.8. The van der Waals surface area contributed by atoms with E-state index in [1.807, 2.05) is 29.7 Å². The minimum atomic E-state index is -4.46. The maximum absolute atomic E-state index is 13.0. The largest absolute Gasteiger partial charge is 0.417 e. The highest BCUT2D eigenvalue weighted by molar-refractivity contribution is 6.33. The van der Waals surface area contributed by atoms with Crippen molar-refractivity contribution in [3.05, 3.63) is 51.9 Å². The van der Waals surface area contributed by atoms with Crippen molar-refractivity contribution in [3.8, 4) is 0 Å². The van der Waals surface area contributed by atoms with E-state index in [1.165, 1.54) is 0 Å². The molecule has 0 radical (unpaired) electrons. The minimum Gasteiger partial charge on any atom is -0.353 e. The van der Waals surface area contributed by atoms with Gasteiger partial charge in [-0.15, -0.1) is 0 Å². The van der Waals surface area contributed by atoms with E-state index >= 15 is 0 Å². The zero-order chi connectivity index (χ0) is 23.8. The quantitative estimate of drug-likeness (QED) is 0.658. The molecule has 0 N–H and O–H groups in total. The predicted molar refractivity (Wildman–Crippen MR) is 121 cm³/mol. The Kier molecular flexibility index (Phi) is 6.81. The third-order valence-corrected chi connectivity index (χ3v) is 6.87. The smallest absolute Gasteiger partial charge is 0.353 e. The number of nitrogens with zero attached hydrogens (tertiary/aromatic N) is 5. The lowest BCUT2D eigenvalue weighted by Gasteiger charge is -2.43. The first-order chi connectivity index (χ1) is 15.6. The fourth-order valence-corrected chi connectivity index (χ4v) is 5.01. The molecule has 10 heteroatoms. The first-order valence-electron chi connectivity index (χ1n) is 11.1. The van der Waals surface area contributed by atoms with Gasteiger partial charge in [0.2, 0.25) is 0 Å². The minimum absolute atomic E-state index is 0.0195. The van der Waals surface area contributed by atoms with Gasteiger partial charge in [-0.1, -0.05) is 11.6 Å². The highest BCUT2D eigenvalue weighted by atomic mass is 35.5. The summed E-state index contributed by atoms with van der Waals surface area (Å²) in [5.74, 6) is 0.441. The van der Waals surface area contributed by atoms with Gasteiger partial charge in [0.05, 0.1) is 21.8 Å². The number of aromatic nitrogens is 2. The van der Waals surface area contributed by atoms with Crippen molar-refractivity contribution in [2.75, 3.05) is 44.2 Å². The van der Waals surface area contributed by atoms with Gasteiger partial charge in [0, 0.05) is 57.7 Å². The number of piperazine rings is 1. The van der Waals surface area contributed by atoms with Crippen LogP contribution < -0.4 is 4.90 Å². The van der Waals surface area contributed by atoms with Crippen LogP contribution in [0.15, 0.2) is 24.5 Å². The maximum Gasteiger partial charge on any atom is 0.417 e. The number of anilines is 1. The molecule has 0 atom stereocenters. The van der Waals surface area contributed by atoms with Crippen LogP contribution >= 0.6 is 11.6 Å². The zero-order valence-corrected chi connectivity index (χ0v) is 19.5. The molecule has 2 saturated heterocycles. The molecule has 2 aliphatic rings. The van der Waals surface area contributed by atoms with Crippen LogP contribution in [-0.2, 0) is 6.18 Å². The molecule has 33 heavy (non-hydrogen) atoms. The number of likely N-dealkylation sites (tertiary alicyclic amines) is 1. The lowest BCUT2D eigenvalue weighted by atomic mass is 10.00. The molecular formula is C23H27ClF3N5O. The summed E-state index contributed by atoms with van der Waals surface area (Å²) in [6.07, 6.45) is -0.113. The van der Waals surface area contributed by atoms with E-state index in [0.29, 0.717) is 43.6 Å². The number of aryl methyl sites for hydroxylation is 2. The predicted octanol–water partition coefficient (Wildman–Crippen LogP) is 4.19. The van der Waals surface area contributed by atoms with Crippen LogP contribution in [0.25, 0.3) is 0 Å². The number of piperidine rings is 1. The fraction of sp³-hybridized carbons (Fsp3) is 0.522. The molecule has 6 nitrogen and oxygen atoms in total. The second-order valence-corrected chi connectivity index (χ2v) is 9.07. The van der Waals surface area contributed by atoms with E-state index in [1.54, 1.807) is 6.20 Å². The van der Waals surface area contributed by atoms with E-state index in [9.17, 15) is 18.0 Å². The van der Waals surface area contributed by atoms with Gasteiger partial charge in [0.15, 0.2) is 0 Å². The van der Waals surface area contributed by atoms with Crippen molar-refractivity contribution < 1.29 is 18.0 Å². The summed E-state index contributed by atoms with van der Waals surface area (Å²) in [6.45, 7) is 8.04. The molecule has 0 bridgehead atoms. The van der Waals surface area contributed by atoms with Gasteiger partial charge in [0.1, 0.15) is 5.82 Å². The summed E-state index contributed by atoms with van der Waals surface area (Å²) >= 11 is 6.11. The SMILES string of the molecule is Cc1ccnc(C)c1C(=O)N1CCC(N2CCN(c3ncc(C(F)(F)F)cc3Cl)CC2)CC1. The van der Waals surface area contributed by atoms with Gasteiger partial charge in [0.25, 0.3) is 5.91 Å². The van der Waals surface area contributed by atoms with E-state index in [2.05, 4.69) is 14.9 Å². The van der Waals surface area contributed by atoms with Gasteiger partial charge in [-0.2, -0.15) is 13.2 Å². The molecule has 0 saturated carbocycles. The molecule has 2 fully saturated rings. The van der Waals surface area contributed by atoms with Crippen molar-refractivity contribution in [2.24, 2.45) is 0 Å². The Balaban J connectivity index is 1.31. The molecule has 4 heterocycles. The molecule has 0 unspecified atom stereocenters. The standard InChI is InChI=1S/C23H27ClF3N5O/c1-15-3-6-28-16(2)20(15)22(33)32-7-4-18(5-8-32)30-9-11-31(12-10-30)21-19(24)13-17(14-29-21)23(25,26)27/h3,6,13-14,18H,4-5,7-12H2,1-2H3. The zero-order valence-electron chi connectivity index (χ0n) is 18.7. The maximum atomic E-state index is 13.0. The molecule has 0 spiro atoms. The number of amides is 1. The van der Waals surface area contributed by atoms with Crippen LogP contribution in [-0.4, -0.2) is 71.0 Å². The molecule has 2 aromatic heterocycles. The molecule has 2 aromatic rings. The lowest BCUT2D eigenvalue weighted by Crippen LogP contribution is -2.54. The molecule has 0 aromatic carbocycles. The van der Waals surface area contributed by atoms with Crippen LogP contribution in [0.2, 0.25) is 5.02 Å². The summed E-state index contributed by atoms with van der Waals surface area (Å²) in [5.41, 5.74) is 1.56. The highest BCUT2D eigenvalue weighted by Crippen LogP contribution is 2.34. The van der Waals surface area contributed by atoms with Crippen molar-refractivity contribution in [1.29, 1.82) is 0 Å². The van der Waals surface area contributed by atoms with Crippen molar-refractivity contribution in [1.82, 2.24) is 19.8 Å². The van der Waals surface area contributed by atoms with Gasteiger partial charge in [-0.05, 0) is 44.4 Å². The summed E-state index contributed by atoms with van der Waals surface area (Å²) < 4.78 is 38.6. The number of hydrogen-bond donors (Lipinski definition) is 0. The van der Waals surface area contributed by atoms with Crippen LogP contribution in [0.5, 0.6) is 0 Å². The molecule has 4 rings (SSSR count). The topological polar surface area (TPSA) is 52.6 Å². The van der Waals surface area contributed by atoms with E-state index < -0.39 is 11.7 Å². The first-order valence-corrected chi connectivity index (χ1v) is 11.5. The normalized spacial score (nSPS) is 18.6. The molecule has 2 aliphatic heterocycles. The Bertz CT molecular complexity index is 995. The van der Waals surface area contributed by atoms with Crippen LogP contribution in [0, 0.1) is 13.8 Å². The number of alkyl halides is 3. The second kappa shape index (κ2) is 9.46. The fourth-order valence-electron chi connectivity index (χ4n) is 4.73. The third kappa shape index (κ3) is 5.09. The Hall–Kier alpha value is -2.39. The summed E-state index contributed by atoms with van der Waals surface area (Å²) in [5, 5.41) is 0.0195. The van der Waals surface area contributed by atoms with E-state index in [-0.39, 0.29) is 10.9 Å². The van der Waals surface area contributed by atoms with Crippen molar-refractivity contribution in [2.45, 2.75) is 38.9 Å². The molecule has 1 amide bonds. The molecular weight excluding hydrogens is 455 g/mol. The number of carbonyl (C=O) groups excluding carboxylic acids is 1. The van der Waals surface area contributed by atoms with Gasteiger partial charge in [-0.3, -0.25) is 14.7 Å². The molecule has 0 aliphatic carbocycles. The Labute approximate surface area is 196 Å². The number of rotatable bonds is 3.